The topological polar surface area (TPSA) is 29.3 Å². The maximum atomic E-state index is 13.3. The van der Waals surface area contributed by atoms with Crippen molar-refractivity contribution in [2.45, 2.75) is 13.8 Å². The number of hydrogen-bond acceptors (Lipinski definition) is 2. The van der Waals surface area contributed by atoms with Gasteiger partial charge >= 0.3 is 0 Å². The molecule has 3 aromatic rings. The average molecular weight is 295 g/mol. The van der Waals surface area contributed by atoms with Crippen LogP contribution in [0.2, 0.25) is 0 Å². The predicted molar refractivity (Wildman–Crippen MR) is 90.0 cm³/mol. The van der Waals surface area contributed by atoms with Gasteiger partial charge in [0.15, 0.2) is 0 Å². The highest BCUT2D eigenvalue weighted by Crippen LogP contribution is 2.21. The van der Waals surface area contributed by atoms with Gasteiger partial charge in [0.25, 0.3) is 0 Å². The molecule has 0 aliphatic rings. The van der Waals surface area contributed by atoms with E-state index in [4.69, 9.17) is 0 Å². The van der Waals surface area contributed by atoms with Gasteiger partial charge in [0.2, 0.25) is 0 Å². The quantitative estimate of drug-likeness (QED) is 0.564. The van der Waals surface area contributed by atoms with E-state index >= 15 is 0 Å². The van der Waals surface area contributed by atoms with Crippen LogP contribution in [0.1, 0.15) is 16.7 Å². The third-order valence-electron chi connectivity index (χ3n) is 3.75. The molecular formula is C18H18FN3. The molecule has 0 atom stereocenters. The van der Waals surface area contributed by atoms with Crippen LogP contribution in [0.4, 0.5) is 10.1 Å². The van der Waals surface area contributed by atoms with Gasteiger partial charge in [-0.25, -0.2) is 4.39 Å². The van der Waals surface area contributed by atoms with Crippen LogP contribution in [0.25, 0.3) is 10.9 Å². The first-order valence-electron chi connectivity index (χ1n) is 7.15. The second kappa shape index (κ2) is 5.64. The first kappa shape index (κ1) is 14.3. The van der Waals surface area contributed by atoms with Crippen molar-refractivity contribution in [2.75, 3.05) is 5.43 Å². The summed E-state index contributed by atoms with van der Waals surface area (Å²) in [5, 5.41) is 5.29. The number of hydrogen-bond donors (Lipinski definition) is 1. The predicted octanol–water partition coefficient (Wildman–Crippen LogP) is 4.38. The Morgan fingerprint density at radius 2 is 1.95 bits per heavy atom. The van der Waals surface area contributed by atoms with Gasteiger partial charge in [0.05, 0.1) is 17.4 Å². The fourth-order valence-electron chi connectivity index (χ4n) is 2.60. The molecule has 0 spiro atoms. The molecule has 0 fully saturated rings. The molecular weight excluding hydrogens is 277 g/mol. The highest BCUT2D eigenvalue weighted by Gasteiger charge is 2.05. The van der Waals surface area contributed by atoms with Crippen LogP contribution in [0, 0.1) is 19.7 Å². The number of nitrogens with one attached hydrogen (secondary N) is 1. The first-order chi connectivity index (χ1) is 10.5. The SMILES string of the molecule is Cc1ccc(N/N=C/c2cn(C)c3cc(F)ccc23)c(C)c1. The number of rotatable bonds is 3. The number of fused-ring (bicyclic) bond motifs is 1. The zero-order valence-electron chi connectivity index (χ0n) is 12.9. The molecule has 0 amide bonds. The number of halogens is 1. The summed E-state index contributed by atoms with van der Waals surface area (Å²) >= 11 is 0. The van der Waals surface area contributed by atoms with E-state index in [-0.39, 0.29) is 5.82 Å². The molecule has 3 rings (SSSR count). The van der Waals surface area contributed by atoms with Crippen molar-refractivity contribution in [1.29, 1.82) is 0 Å². The molecule has 0 aliphatic heterocycles. The Balaban J connectivity index is 1.87. The average Bonchev–Trinajstić information content (AvgIpc) is 2.77. The molecule has 2 aromatic carbocycles. The van der Waals surface area contributed by atoms with Gasteiger partial charge in [-0.2, -0.15) is 5.10 Å². The first-order valence-corrected chi connectivity index (χ1v) is 7.15. The Bertz CT molecular complexity index is 862. The number of benzene rings is 2. The Labute approximate surface area is 129 Å². The summed E-state index contributed by atoms with van der Waals surface area (Å²) in [4.78, 5) is 0. The third kappa shape index (κ3) is 2.72. The zero-order chi connectivity index (χ0) is 15.7. The lowest BCUT2D eigenvalue weighted by Crippen LogP contribution is -1.93. The van der Waals surface area contributed by atoms with E-state index < -0.39 is 0 Å². The monoisotopic (exact) mass is 295 g/mol. The Morgan fingerprint density at radius 1 is 1.14 bits per heavy atom. The number of hydrazone groups is 1. The van der Waals surface area contributed by atoms with E-state index in [0.717, 1.165) is 27.7 Å². The van der Waals surface area contributed by atoms with Gasteiger partial charge in [-0.05, 0) is 43.7 Å². The van der Waals surface area contributed by atoms with Crippen LogP contribution < -0.4 is 5.43 Å². The van der Waals surface area contributed by atoms with Gasteiger partial charge in [-0.15, -0.1) is 0 Å². The van der Waals surface area contributed by atoms with E-state index in [9.17, 15) is 4.39 Å². The van der Waals surface area contributed by atoms with Crippen molar-refractivity contribution in [3.63, 3.8) is 0 Å². The smallest absolute Gasteiger partial charge is 0.125 e. The van der Waals surface area contributed by atoms with Crippen molar-refractivity contribution in [2.24, 2.45) is 12.1 Å². The van der Waals surface area contributed by atoms with Crippen LogP contribution in [0.15, 0.2) is 47.7 Å². The second-order valence-electron chi connectivity index (χ2n) is 5.55. The van der Waals surface area contributed by atoms with Gasteiger partial charge in [0, 0.05) is 24.2 Å². The van der Waals surface area contributed by atoms with Crippen molar-refractivity contribution in [3.8, 4) is 0 Å². The number of aromatic nitrogens is 1. The minimum absolute atomic E-state index is 0.231. The van der Waals surface area contributed by atoms with Crippen LogP contribution in [0.3, 0.4) is 0 Å². The molecule has 1 N–H and O–H groups in total. The van der Waals surface area contributed by atoms with E-state index in [0.29, 0.717) is 0 Å². The summed E-state index contributed by atoms with van der Waals surface area (Å²) in [6, 6.07) is 11.0. The van der Waals surface area contributed by atoms with E-state index in [1.165, 1.54) is 17.7 Å². The molecule has 3 nitrogen and oxygen atoms in total. The van der Waals surface area contributed by atoms with Crippen LogP contribution in [0.5, 0.6) is 0 Å². The van der Waals surface area contributed by atoms with Crippen LogP contribution in [-0.2, 0) is 7.05 Å². The Kier molecular flexibility index (Phi) is 3.67. The third-order valence-corrected chi connectivity index (χ3v) is 3.75. The molecule has 22 heavy (non-hydrogen) atoms. The highest BCUT2D eigenvalue weighted by atomic mass is 19.1. The van der Waals surface area contributed by atoms with E-state index in [1.807, 2.05) is 36.9 Å². The lowest BCUT2D eigenvalue weighted by Gasteiger charge is -2.05. The fourth-order valence-corrected chi connectivity index (χ4v) is 2.60. The zero-order valence-corrected chi connectivity index (χ0v) is 12.9. The minimum atomic E-state index is -0.231. The summed E-state index contributed by atoms with van der Waals surface area (Å²) in [5.41, 5.74) is 8.22. The molecule has 1 heterocycles. The number of aryl methyl sites for hydroxylation is 3. The summed E-state index contributed by atoms with van der Waals surface area (Å²) in [6.45, 7) is 4.11. The summed E-state index contributed by atoms with van der Waals surface area (Å²) in [5.74, 6) is -0.231. The second-order valence-corrected chi connectivity index (χ2v) is 5.55. The molecule has 0 saturated carbocycles. The van der Waals surface area contributed by atoms with Crippen molar-refractivity contribution < 1.29 is 4.39 Å². The standard InChI is InChI=1S/C18H18FN3/c1-12-4-7-17(13(2)8-12)21-20-10-14-11-22(3)18-9-15(19)5-6-16(14)18/h4-11,21H,1-3H3/b20-10+. The number of anilines is 1. The van der Waals surface area contributed by atoms with Gasteiger partial charge in [-0.3, -0.25) is 5.43 Å². The van der Waals surface area contributed by atoms with Crippen molar-refractivity contribution in [3.05, 3.63) is 65.1 Å². The highest BCUT2D eigenvalue weighted by molar-refractivity contribution is 5.99. The lowest BCUT2D eigenvalue weighted by molar-refractivity contribution is 0.629. The number of nitrogens with zero attached hydrogens (tertiary/aromatic N) is 2. The lowest BCUT2D eigenvalue weighted by atomic mass is 10.1. The van der Waals surface area contributed by atoms with Crippen LogP contribution in [-0.4, -0.2) is 10.8 Å². The maximum Gasteiger partial charge on any atom is 0.125 e. The van der Waals surface area contributed by atoms with E-state index in [2.05, 4.69) is 23.5 Å². The largest absolute Gasteiger partial charge is 0.350 e. The molecule has 0 radical (unpaired) electrons. The minimum Gasteiger partial charge on any atom is -0.350 e. The molecule has 4 heteroatoms. The molecule has 0 saturated heterocycles. The van der Waals surface area contributed by atoms with Crippen LogP contribution >= 0.6 is 0 Å². The molecule has 0 unspecified atom stereocenters. The molecule has 0 bridgehead atoms. The summed E-state index contributed by atoms with van der Waals surface area (Å²) in [6.07, 6.45) is 3.71. The molecule has 1 aromatic heterocycles. The molecule has 112 valence electrons. The molecule has 0 aliphatic carbocycles. The van der Waals surface area contributed by atoms with Crippen molar-refractivity contribution in [1.82, 2.24) is 4.57 Å². The fraction of sp³-hybridized carbons (Fsp3) is 0.167. The summed E-state index contributed by atoms with van der Waals surface area (Å²) in [7, 11) is 1.90. The van der Waals surface area contributed by atoms with E-state index in [1.54, 1.807) is 12.3 Å². The van der Waals surface area contributed by atoms with Gasteiger partial charge in [-0.1, -0.05) is 17.7 Å². The normalized spacial score (nSPS) is 11.5. The maximum absolute atomic E-state index is 13.3. The van der Waals surface area contributed by atoms with Gasteiger partial charge in [0.1, 0.15) is 5.82 Å². The van der Waals surface area contributed by atoms with Crippen molar-refractivity contribution >= 4 is 22.8 Å². The summed E-state index contributed by atoms with van der Waals surface area (Å²) < 4.78 is 15.2. The Hall–Kier alpha value is -2.62. The Morgan fingerprint density at radius 3 is 2.73 bits per heavy atom. The van der Waals surface area contributed by atoms with Gasteiger partial charge < -0.3 is 4.57 Å².